The average molecular weight is 324 g/mol. The molecular weight excluding hydrogens is 297 g/mol. The first-order valence-electron chi connectivity index (χ1n) is 7.35. The van der Waals surface area contributed by atoms with Crippen LogP contribution in [0, 0.1) is 0 Å². The molecule has 0 aromatic heterocycles. The summed E-state index contributed by atoms with van der Waals surface area (Å²) in [5.74, 6) is -2.47. The zero-order valence-electron chi connectivity index (χ0n) is 14.0. The molecule has 0 heterocycles. The Morgan fingerprint density at radius 3 is 2.14 bits per heavy atom. The van der Waals surface area contributed by atoms with Crippen LogP contribution in [-0.4, -0.2) is 52.0 Å². The van der Waals surface area contributed by atoms with Crippen molar-refractivity contribution in [3.8, 4) is 0 Å². The van der Waals surface area contributed by atoms with E-state index in [9.17, 15) is 24.9 Å². The quantitative estimate of drug-likeness (QED) is 0.136. The summed E-state index contributed by atoms with van der Waals surface area (Å²) >= 11 is 0. The fraction of sp³-hybridized carbons (Fsp3) is 0.733. The van der Waals surface area contributed by atoms with Crippen molar-refractivity contribution in [2.75, 3.05) is 13.3 Å². The van der Waals surface area contributed by atoms with Crippen molar-refractivity contribution in [3.05, 3.63) is 12.7 Å². The Bertz CT molecular complexity index is 342. The Morgan fingerprint density at radius 1 is 1.18 bits per heavy atom. The van der Waals surface area contributed by atoms with Crippen LogP contribution in [-0.2, 0) is 9.59 Å². The van der Waals surface area contributed by atoms with E-state index in [1.54, 1.807) is 0 Å². The van der Waals surface area contributed by atoms with E-state index in [1.165, 1.54) is 13.8 Å². The minimum Gasteiger partial charge on any atom is -0.544 e. The van der Waals surface area contributed by atoms with Gasteiger partial charge in [0.1, 0.15) is 6.04 Å². The maximum Gasteiger partial charge on any atom is 1.00 e. The summed E-state index contributed by atoms with van der Waals surface area (Å²) in [4.78, 5) is 22.4. The van der Waals surface area contributed by atoms with Crippen LogP contribution in [0.2, 0.25) is 0 Å². The molecule has 0 rings (SSSR count). The van der Waals surface area contributed by atoms with E-state index in [1.807, 2.05) is 6.08 Å². The van der Waals surface area contributed by atoms with Crippen molar-refractivity contribution < 1.29 is 58.9 Å². The van der Waals surface area contributed by atoms with Gasteiger partial charge in [-0.3, -0.25) is 4.48 Å². The summed E-state index contributed by atoms with van der Waals surface area (Å²) < 4.78 is -0.404. The van der Waals surface area contributed by atoms with E-state index < -0.39 is 35.2 Å². The fourth-order valence-corrected chi connectivity index (χ4v) is 2.52. The van der Waals surface area contributed by atoms with Gasteiger partial charge < -0.3 is 20.1 Å². The molecule has 0 aliphatic carbocycles. The molecular formula is C15H27NNaO5+. The number of quaternary nitrogens is 1. The maximum absolute atomic E-state index is 11.3. The molecule has 6 nitrogen and oxygen atoms in total. The Morgan fingerprint density at radius 2 is 1.73 bits per heavy atom. The Balaban J connectivity index is 0. The molecule has 0 spiro atoms. The van der Waals surface area contributed by atoms with Gasteiger partial charge in [0, 0.05) is 0 Å². The van der Waals surface area contributed by atoms with Gasteiger partial charge in [-0.1, -0.05) is 12.5 Å². The van der Waals surface area contributed by atoms with E-state index in [-0.39, 0.29) is 29.6 Å². The van der Waals surface area contributed by atoms with Gasteiger partial charge in [0.05, 0.1) is 12.5 Å². The predicted octanol–water partition coefficient (Wildman–Crippen LogP) is -2.49. The Labute approximate surface area is 154 Å². The molecule has 122 valence electrons. The predicted molar refractivity (Wildman–Crippen MR) is 77.1 cm³/mol. The van der Waals surface area contributed by atoms with Gasteiger partial charge in [0.25, 0.3) is 0 Å². The number of hydrogen-bond donors (Lipinski definition) is 2. The number of aliphatic carboxylic acids is 2. The molecule has 0 saturated heterocycles. The summed E-state index contributed by atoms with van der Waals surface area (Å²) in [6.07, 6.45) is 6.28. The summed E-state index contributed by atoms with van der Waals surface area (Å²) in [5.41, 5.74) is 0. The van der Waals surface area contributed by atoms with Crippen LogP contribution in [0.1, 0.15) is 46.0 Å². The second kappa shape index (κ2) is 12.1. The molecule has 0 aromatic rings. The fourth-order valence-electron chi connectivity index (χ4n) is 2.52. The van der Waals surface area contributed by atoms with E-state index in [0.29, 0.717) is 13.0 Å². The second-order valence-electron chi connectivity index (χ2n) is 5.47. The van der Waals surface area contributed by atoms with Gasteiger partial charge in [-0.25, -0.2) is 4.79 Å². The first-order valence-corrected chi connectivity index (χ1v) is 7.35. The summed E-state index contributed by atoms with van der Waals surface area (Å²) in [6, 6.07) is -2.08. The van der Waals surface area contributed by atoms with Gasteiger partial charge in [-0.2, -0.15) is 0 Å². The zero-order chi connectivity index (χ0) is 16.5. The number of carbonyl (C=O) groups is 2. The summed E-state index contributed by atoms with van der Waals surface area (Å²) in [6.45, 7) is 6.23. The van der Waals surface area contributed by atoms with Gasteiger partial charge in [-0.05, 0) is 39.5 Å². The van der Waals surface area contributed by atoms with Gasteiger partial charge in [0.2, 0.25) is 0 Å². The second-order valence-corrected chi connectivity index (χ2v) is 5.47. The minimum atomic E-state index is -1.34. The molecule has 0 bridgehead atoms. The van der Waals surface area contributed by atoms with Crippen LogP contribution >= 0.6 is 0 Å². The molecule has 0 aliphatic rings. The number of nitrogens with zero attached hydrogens (tertiary/aromatic N) is 1. The average Bonchev–Trinajstić information content (AvgIpc) is 2.45. The third kappa shape index (κ3) is 6.79. The molecule has 0 aliphatic heterocycles. The van der Waals surface area contributed by atoms with Crippen LogP contribution in [0.4, 0.5) is 0 Å². The zero-order valence-corrected chi connectivity index (χ0v) is 16.0. The molecule has 0 aromatic carbocycles. The molecule has 3 atom stereocenters. The Hall–Kier alpha value is -0.400. The molecule has 0 amide bonds. The molecule has 2 N–H and O–H groups in total. The molecule has 7 heteroatoms. The van der Waals surface area contributed by atoms with Crippen molar-refractivity contribution in [3.63, 3.8) is 0 Å². The molecule has 3 unspecified atom stereocenters. The Kier molecular flexibility index (Phi) is 13.1. The molecule has 0 fully saturated rings. The van der Waals surface area contributed by atoms with Gasteiger partial charge >= 0.3 is 35.5 Å². The van der Waals surface area contributed by atoms with Crippen LogP contribution in [0.15, 0.2) is 12.7 Å². The van der Waals surface area contributed by atoms with E-state index in [4.69, 9.17) is 0 Å². The number of carboxylic acids is 2. The largest absolute Gasteiger partial charge is 1.00 e. The van der Waals surface area contributed by atoms with Crippen molar-refractivity contribution in [1.29, 1.82) is 0 Å². The first kappa shape index (κ1) is 23.9. The minimum absolute atomic E-state index is 0. The monoisotopic (exact) mass is 324 g/mol. The van der Waals surface area contributed by atoms with Gasteiger partial charge in [0.15, 0.2) is 12.8 Å². The molecule has 22 heavy (non-hydrogen) atoms. The number of unbranched alkanes of at least 4 members (excludes halogenated alkanes) is 4. The van der Waals surface area contributed by atoms with Crippen molar-refractivity contribution in [2.45, 2.75) is 58.0 Å². The van der Waals surface area contributed by atoms with Crippen molar-refractivity contribution >= 4 is 11.9 Å². The van der Waals surface area contributed by atoms with Crippen LogP contribution < -0.4 is 34.7 Å². The number of carboxylic acid groups (broad SMARTS) is 2. The van der Waals surface area contributed by atoms with Crippen LogP contribution in [0.25, 0.3) is 0 Å². The van der Waals surface area contributed by atoms with E-state index in [0.717, 1.165) is 25.7 Å². The number of allylic oxidation sites excluding steroid dienone is 1. The number of hydrogen-bond acceptors (Lipinski definition) is 4. The SMILES string of the molecule is C=CCCCCCC[N+](CO)(C(C)C(=O)[O-])C(C)C(=O)O.[Na+]. The summed E-state index contributed by atoms with van der Waals surface area (Å²) in [7, 11) is 0. The smallest absolute Gasteiger partial charge is 0.544 e. The third-order valence-electron chi connectivity index (χ3n) is 4.24. The van der Waals surface area contributed by atoms with Crippen molar-refractivity contribution in [1.82, 2.24) is 0 Å². The number of rotatable bonds is 12. The number of aliphatic hydroxyl groups is 1. The number of carbonyl (C=O) groups excluding carboxylic acids is 1. The topological polar surface area (TPSA) is 97.7 Å². The molecule has 0 radical (unpaired) electrons. The van der Waals surface area contributed by atoms with E-state index >= 15 is 0 Å². The van der Waals surface area contributed by atoms with Crippen molar-refractivity contribution in [2.24, 2.45) is 0 Å². The third-order valence-corrected chi connectivity index (χ3v) is 4.24. The molecule has 0 saturated carbocycles. The van der Waals surface area contributed by atoms with Gasteiger partial charge in [-0.15, -0.1) is 6.58 Å². The summed E-state index contributed by atoms with van der Waals surface area (Å²) in [5, 5.41) is 30.0. The first-order chi connectivity index (χ1) is 9.83. The standard InChI is InChI=1S/C15H27NO5.Na/c1-4-5-6-7-8-9-10-16(11-17,12(2)14(18)19)13(3)15(20)21;/h4,12-13,17H,1,5-11H2,2-3H3,(H-,18,19,20,21);/q;+1. The normalized spacial score (nSPS) is 16.0. The van der Waals surface area contributed by atoms with E-state index in [2.05, 4.69) is 6.58 Å². The maximum atomic E-state index is 11.3. The van der Waals surface area contributed by atoms with Crippen LogP contribution in [0.3, 0.4) is 0 Å². The van der Waals surface area contributed by atoms with Crippen LogP contribution in [0.5, 0.6) is 0 Å². The number of aliphatic hydroxyl groups excluding tert-OH is 1.